The Morgan fingerprint density at radius 2 is 1.53 bits per heavy atom. The molecule has 0 aromatic carbocycles. The van der Waals surface area contributed by atoms with Gasteiger partial charge in [-0.25, -0.2) is 0 Å². The summed E-state index contributed by atoms with van der Waals surface area (Å²) in [5.74, 6) is 0.201. The third-order valence-corrected chi connectivity index (χ3v) is 2.56. The zero-order chi connectivity index (χ0) is 14.3. The summed E-state index contributed by atoms with van der Waals surface area (Å²) in [6.45, 7) is 13.3. The third-order valence-electron chi connectivity index (χ3n) is 2.56. The summed E-state index contributed by atoms with van der Waals surface area (Å²) < 4.78 is 0. The topological polar surface area (TPSA) is 32.3 Å². The molecular weight excluding hydrogens is 212 g/mol. The molecule has 104 valence electrons. The molecule has 0 rings (SSSR count). The van der Waals surface area contributed by atoms with Gasteiger partial charge in [-0.3, -0.25) is 4.79 Å². The molecule has 0 spiro atoms. The SMILES string of the molecule is CC.CNCC(C)(C)CC(C)(C)C(=O)N(C)C. The fourth-order valence-electron chi connectivity index (χ4n) is 2.42. The highest BCUT2D eigenvalue weighted by Gasteiger charge is 2.35. The summed E-state index contributed by atoms with van der Waals surface area (Å²) >= 11 is 0. The van der Waals surface area contributed by atoms with E-state index in [0.29, 0.717) is 0 Å². The number of nitrogens with one attached hydrogen (secondary N) is 1. The molecule has 1 N–H and O–H groups in total. The van der Waals surface area contributed by atoms with Gasteiger partial charge in [0.2, 0.25) is 5.91 Å². The lowest BCUT2D eigenvalue weighted by molar-refractivity contribution is -0.139. The van der Waals surface area contributed by atoms with Gasteiger partial charge < -0.3 is 10.2 Å². The molecule has 17 heavy (non-hydrogen) atoms. The normalized spacial score (nSPS) is 11.6. The molecule has 0 aliphatic carbocycles. The van der Waals surface area contributed by atoms with Gasteiger partial charge >= 0.3 is 0 Å². The van der Waals surface area contributed by atoms with Gasteiger partial charge in [-0.1, -0.05) is 41.5 Å². The first kappa shape index (κ1) is 18.8. The van der Waals surface area contributed by atoms with E-state index in [0.717, 1.165) is 13.0 Å². The Morgan fingerprint density at radius 3 is 1.82 bits per heavy atom. The van der Waals surface area contributed by atoms with Crippen molar-refractivity contribution >= 4 is 5.91 Å². The quantitative estimate of drug-likeness (QED) is 0.806. The van der Waals surface area contributed by atoms with E-state index in [1.165, 1.54) is 0 Å². The maximum atomic E-state index is 12.0. The summed E-state index contributed by atoms with van der Waals surface area (Å²) in [4.78, 5) is 13.6. The Kier molecular flexibility index (Phi) is 8.51. The van der Waals surface area contributed by atoms with Crippen molar-refractivity contribution in [1.29, 1.82) is 0 Å². The van der Waals surface area contributed by atoms with Crippen molar-refractivity contribution in [2.45, 2.75) is 48.0 Å². The number of amides is 1. The van der Waals surface area contributed by atoms with Gasteiger partial charge in [0, 0.05) is 19.5 Å². The summed E-state index contributed by atoms with van der Waals surface area (Å²) in [6.07, 6.45) is 0.887. The molecule has 3 nitrogen and oxygen atoms in total. The lowest BCUT2D eigenvalue weighted by Gasteiger charge is -2.35. The van der Waals surface area contributed by atoms with Gasteiger partial charge in [0.1, 0.15) is 0 Å². The minimum Gasteiger partial charge on any atom is -0.348 e. The lowest BCUT2D eigenvalue weighted by Crippen LogP contribution is -2.41. The summed E-state index contributed by atoms with van der Waals surface area (Å²) in [5, 5.41) is 3.17. The van der Waals surface area contributed by atoms with Crippen LogP contribution in [-0.2, 0) is 4.79 Å². The van der Waals surface area contributed by atoms with E-state index in [1.807, 2.05) is 48.8 Å². The standard InChI is InChI=1S/C12H26N2O.C2H6/c1-11(2,9-13-5)8-12(3,4)10(15)14(6)7;1-2/h13H,8-9H2,1-7H3;1-2H3. The van der Waals surface area contributed by atoms with Crippen LogP contribution >= 0.6 is 0 Å². The van der Waals surface area contributed by atoms with E-state index in [-0.39, 0.29) is 16.7 Å². The highest BCUT2D eigenvalue weighted by molar-refractivity contribution is 5.81. The van der Waals surface area contributed by atoms with E-state index >= 15 is 0 Å². The molecule has 1 amide bonds. The van der Waals surface area contributed by atoms with Crippen LogP contribution in [0.15, 0.2) is 0 Å². The third kappa shape index (κ3) is 7.37. The second kappa shape index (κ2) is 7.70. The summed E-state index contributed by atoms with van der Waals surface area (Å²) in [7, 11) is 5.58. The van der Waals surface area contributed by atoms with Crippen LogP contribution in [0.2, 0.25) is 0 Å². The predicted octanol–water partition coefficient (Wildman–Crippen LogP) is 2.76. The fourth-order valence-corrected chi connectivity index (χ4v) is 2.42. The summed E-state index contributed by atoms with van der Waals surface area (Å²) in [5.41, 5.74) is -0.145. The monoisotopic (exact) mass is 244 g/mol. The Balaban J connectivity index is 0. The average Bonchev–Trinajstić information content (AvgIpc) is 2.17. The number of carbonyl (C=O) groups excluding carboxylic acids is 1. The fraction of sp³-hybridized carbons (Fsp3) is 0.929. The van der Waals surface area contributed by atoms with Gasteiger partial charge in [-0.05, 0) is 25.4 Å². The van der Waals surface area contributed by atoms with E-state index in [9.17, 15) is 4.79 Å². The first-order valence-electron chi connectivity index (χ1n) is 6.49. The van der Waals surface area contributed by atoms with Gasteiger partial charge in [-0.15, -0.1) is 0 Å². The lowest BCUT2D eigenvalue weighted by atomic mass is 9.74. The molecule has 0 aromatic rings. The van der Waals surface area contributed by atoms with Crippen molar-refractivity contribution in [3.63, 3.8) is 0 Å². The first-order valence-corrected chi connectivity index (χ1v) is 6.49. The maximum Gasteiger partial charge on any atom is 0.227 e. The van der Waals surface area contributed by atoms with Crippen LogP contribution in [0.5, 0.6) is 0 Å². The van der Waals surface area contributed by atoms with Crippen molar-refractivity contribution in [2.24, 2.45) is 10.8 Å². The van der Waals surface area contributed by atoms with Crippen LogP contribution in [-0.4, -0.2) is 38.5 Å². The number of carbonyl (C=O) groups is 1. The van der Waals surface area contributed by atoms with Crippen LogP contribution in [0.3, 0.4) is 0 Å². The Labute approximate surface area is 108 Å². The molecular formula is C14H32N2O. The molecule has 0 aliphatic rings. The van der Waals surface area contributed by atoms with Crippen molar-refractivity contribution in [3.05, 3.63) is 0 Å². The molecule has 0 unspecified atom stereocenters. The molecule has 0 aliphatic heterocycles. The van der Waals surface area contributed by atoms with Crippen molar-refractivity contribution in [1.82, 2.24) is 10.2 Å². The van der Waals surface area contributed by atoms with Crippen molar-refractivity contribution in [2.75, 3.05) is 27.7 Å². The largest absolute Gasteiger partial charge is 0.348 e. The van der Waals surface area contributed by atoms with E-state index in [2.05, 4.69) is 19.2 Å². The maximum absolute atomic E-state index is 12.0. The Morgan fingerprint density at radius 1 is 1.12 bits per heavy atom. The van der Waals surface area contributed by atoms with Crippen LogP contribution in [0.4, 0.5) is 0 Å². The minimum absolute atomic E-state index is 0.143. The second-order valence-electron chi connectivity index (χ2n) is 5.95. The van der Waals surface area contributed by atoms with Crippen molar-refractivity contribution < 1.29 is 4.79 Å². The number of hydrogen-bond donors (Lipinski definition) is 1. The van der Waals surface area contributed by atoms with Gasteiger partial charge in [0.05, 0.1) is 0 Å². The van der Waals surface area contributed by atoms with E-state index in [1.54, 1.807) is 4.90 Å². The van der Waals surface area contributed by atoms with Crippen LogP contribution < -0.4 is 5.32 Å². The molecule has 0 atom stereocenters. The zero-order valence-electron chi connectivity index (χ0n) is 13.3. The highest BCUT2D eigenvalue weighted by Crippen LogP contribution is 2.34. The smallest absolute Gasteiger partial charge is 0.227 e. The van der Waals surface area contributed by atoms with Gasteiger partial charge in [-0.2, -0.15) is 0 Å². The first-order chi connectivity index (χ1) is 7.62. The van der Waals surface area contributed by atoms with Crippen molar-refractivity contribution in [3.8, 4) is 0 Å². The molecule has 0 aromatic heterocycles. The number of hydrogen-bond acceptors (Lipinski definition) is 2. The average molecular weight is 244 g/mol. The van der Waals surface area contributed by atoms with E-state index < -0.39 is 0 Å². The molecule has 0 bridgehead atoms. The van der Waals surface area contributed by atoms with Gasteiger partial charge in [0.15, 0.2) is 0 Å². The Bertz CT molecular complexity index is 220. The molecule has 0 fully saturated rings. The minimum atomic E-state index is -0.288. The number of rotatable bonds is 5. The summed E-state index contributed by atoms with van der Waals surface area (Å²) in [6, 6.07) is 0. The predicted molar refractivity (Wildman–Crippen MR) is 76.1 cm³/mol. The van der Waals surface area contributed by atoms with E-state index in [4.69, 9.17) is 0 Å². The Hall–Kier alpha value is -0.570. The van der Waals surface area contributed by atoms with Gasteiger partial charge in [0.25, 0.3) is 0 Å². The second-order valence-corrected chi connectivity index (χ2v) is 5.95. The number of nitrogens with zero attached hydrogens (tertiary/aromatic N) is 1. The molecule has 0 radical (unpaired) electrons. The van der Waals surface area contributed by atoms with Crippen LogP contribution in [0, 0.1) is 10.8 Å². The zero-order valence-corrected chi connectivity index (χ0v) is 13.3. The molecule has 0 heterocycles. The molecule has 0 saturated carbocycles. The molecule has 0 saturated heterocycles. The van der Waals surface area contributed by atoms with Crippen LogP contribution in [0.1, 0.15) is 48.0 Å². The van der Waals surface area contributed by atoms with Crippen LogP contribution in [0.25, 0.3) is 0 Å². The molecule has 3 heteroatoms. The highest BCUT2D eigenvalue weighted by atomic mass is 16.2.